The predicted octanol–water partition coefficient (Wildman–Crippen LogP) is 4.35. The number of benzene rings is 1. The van der Waals surface area contributed by atoms with E-state index in [-0.39, 0.29) is 10.8 Å². The fourth-order valence-electron chi connectivity index (χ4n) is 2.28. The summed E-state index contributed by atoms with van der Waals surface area (Å²) in [7, 11) is 0. The van der Waals surface area contributed by atoms with Crippen LogP contribution in [0, 0.1) is 0 Å². The van der Waals surface area contributed by atoms with Gasteiger partial charge < -0.3 is 5.11 Å². The molecule has 4 heteroatoms. The van der Waals surface area contributed by atoms with Crippen LogP contribution in [0.4, 0.5) is 0 Å². The van der Waals surface area contributed by atoms with Gasteiger partial charge in [-0.05, 0) is 18.4 Å². The lowest BCUT2D eigenvalue weighted by Crippen LogP contribution is -1.91. The van der Waals surface area contributed by atoms with E-state index in [1.54, 1.807) is 0 Å². The van der Waals surface area contributed by atoms with Crippen molar-refractivity contribution in [2.45, 2.75) is 39.0 Å². The van der Waals surface area contributed by atoms with E-state index in [0.717, 1.165) is 34.6 Å². The highest BCUT2D eigenvalue weighted by molar-refractivity contribution is 7.09. The number of rotatable bonds is 7. The van der Waals surface area contributed by atoms with E-state index in [9.17, 15) is 9.90 Å². The number of nitrogens with one attached hydrogen (secondary N) is 1. The minimum Gasteiger partial charge on any atom is -0.494 e. The highest BCUT2D eigenvalue weighted by atomic mass is 32.1. The first kappa shape index (κ1) is 15.6. The Morgan fingerprint density at radius 1 is 1.29 bits per heavy atom. The zero-order valence-corrected chi connectivity index (χ0v) is 13.1. The van der Waals surface area contributed by atoms with Crippen molar-refractivity contribution in [3.63, 3.8) is 0 Å². The average Bonchev–Trinajstić information content (AvgIpc) is 2.78. The second kappa shape index (κ2) is 7.84. The molecule has 0 bridgehead atoms. The molecule has 2 rings (SSSR count). The van der Waals surface area contributed by atoms with Gasteiger partial charge in [0.2, 0.25) is 5.88 Å². The lowest BCUT2D eigenvalue weighted by molar-refractivity contribution is 0.451. The van der Waals surface area contributed by atoms with E-state index < -0.39 is 0 Å². The second-order valence-electron chi connectivity index (χ2n) is 5.13. The summed E-state index contributed by atoms with van der Waals surface area (Å²) in [5.74, 6) is 0.0134. The molecule has 1 aromatic carbocycles. The van der Waals surface area contributed by atoms with Crippen LogP contribution in [0.5, 0.6) is 5.88 Å². The summed E-state index contributed by atoms with van der Waals surface area (Å²) in [4.78, 5) is 14.3. The Bertz CT molecular complexity index is 640. The molecule has 0 aliphatic heterocycles. The first-order valence-corrected chi connectivity index (χ1v) is 8.16. The maximum absolute atomic E-state index is 11.3. The van der Waals surface area contributed by atoms with Crippen molar-refractivity contribution in [1.29, 1.82) is 0 Å². The van der Waals surface area contributed by atoms with Crippen molar-refractivity contribution in [1.82, 2.24) is 4.98 Å². The molecule has 0 saturated carbocycles. The van der Waals surface area contributed by atoms with Crippen molar-refractivity contribution in [2.75, 3.05) is 0 Å². The second-order valence-corrected chi connectivity index (χ2v) is 6.20. The first-order chi connectivity index (χ1) is 10.2. The molecule has 3 nitrogen and oxygen atoms in total. The van der Waals surface area contributed by atoms with Crippen molar-refractivity contribution < 1.29 is 5.11 Å². The van der Waals surface area contributed by atoms with E-state index in [1.165, 1.54) is 18.4 Å². The SMILES string of the molecule is CCCCCC(=Cc1ccccc1)Cc1sc(=O)[nH]c1O. The Kier molecular flexibility index (Phi) is 5.81. The third-order valence-corrected chi connectivity index (χ3v) is 4.23. The van der Waals surface area contributed by atoms with Gasteiger partial charge in [0.05, 0.1) is 4.88 Å². The lowest BCUT2D eigenvalue weighted by Gasteiger charge is -2.07. The van der Waals surface area contributed by atoms with E-state index >= 15 is 0 Å². The topological polar surface area (TPSA) is 53.1 Å². The summed E-state index contributed by atoms with van der Waals surface area (Å²) in [5.41, 5.74) is 2.41. The number of H-pyrrole nitrogens is 1. The molecule has 1 heterocycles. The van der Waals surface area contributed by atoms with Gasteiger partial charge in [0.1, 0.15) is 0 Å². The maximum Gasteiger partial charge on any atom is 0.307 e. The molecule has 0 aliphatic rings. The lowest BCUT2D eigenvalue weighted by atomic mass is 10.0. The Morgan fingerprint density at radius 2 is 2.05 bits per heavy atom. The van der Waals surface area contributed by atoms with E-state index in [2.05, 4.69) is 30.1 Å². The molecule has 1 aromatic heterocycles. The molecule has 0 spiro atoms. The molecule has 0 saturated heterocycles. The Morgan fingerprint density at radius 3 is 2.67 bits per heavy atom. The van der Waals surface area contributed by atoms with Crippen LogP contribution in [0.15, 0.2) is 40.7 Å². The summed E-state index contributed by atoms with van der Waals surface area (Å²) < 4.78 is 0. The van der Waals surface area contributed by atoms with Gasteiger partial charge in [-0.15, -0.1) is 0 Å². The fourth-order valence-corrected chi connectivity index (χ4v) is 3.05. The van der Waals surface area contributed by atoms with Crippen LogP contribution in [0.2, 0.25) is 0 Å². The van der Waals surface area contributed by atoms with Gasteiger partial charge in [-0.3, -0.25) is 9.78 Å². The Balaban J connectivity index is 2.17. The zero-order chi connectivity index (χ0) is 15.1. The largest absolute Gasteiger partial charge is 0.494 e. The summed E-state index contributed by atoms with van der Waals surface area (Å²) in [6, 6.07) is 10.2. The van der Waals surface area contributed by atoms with Crippen molar-refractivity contribution in [3.8, 4) is 5.88 Å². The molecule has 0 atom stereocenters. The maximum atomic E-state index is 11.3. The third kappa shape index (κ3) is 4.90. The summed E-state index contributed by atoms with van der Waals surface area (Å²) in [6.45, 7) is 2.18. The number of thiazole rings is 1. The van der Waals surface area contributed by atoms with Crippen LogP contribution in [-0.2, 0) is 6.42 Å². The van der Waals surface area contributed by atoms with E-state index in [1.807, 2.05) is 18.2 Å². The molecule has 0 fully saturated rings. The predicted molar refractivity (Wildman–Crippen MR) is 88.9 cm³/mol. The molecule has 2 N–H and O–H groups in total. The number of allylic oxidation sites excluding steroid dienone is 1. The molecule has 0 amide bonds. The minimum atomic E-state index is -0.199. The molecule has 0 aliphatic carbocycles. The molecule has 21 heavy (non-hydrogen) atoms. The fraction of sp³-hybridized carbons (Fsp3) is 0.353. The van der Waals surface area contributed by atoms with Crippen LogP contribution in [0.3, 0.4) is 0 Å². The summed E-state index contributed by atoms with van der Waals surface area (Å²) in [5, 5.41) is 9.75. The van der Waals surface area contributed by atoms with Crippen LogP contribution < -0.4 is 4.87 Å². The minimum absolute atomic E-state index is 0.0134. The molecular weight excluding hydrogens is 282 g/mol. The zero-order valence-electron chi connectivity index (χ0n) is 12.3. The Labute approximate surface area is 129 Å². The normalized spacial score (nSPS) is 11.8. The summed E-state index contributed by atoms with van der Waals surface area (Å²) in [6.07, 6.45) is 7.31. The van der Waals surface area contributed by atoms with E-state index in [0.29, 0.717) is 6.42 Å². The van der Waals surface area contributed by atoms with Crippen molar-refractivity contribution in [2.24, 2.45) is 0 Å². The Hall–Kier alpha value is -1.81. The van der Waals surface area contributed by atoms with E-state index in [4.69, 9.17) is 0 Å². The quantitative estimate of drug-likeness (QED) is 0.747. The van der Waals surface area contributed by atoms with Gasteiger partial charge in [0.15, 0.2) is 0 Å². The van der Waals surface area contributed by atoms with Crippen LogP contribution >= 0.6 is 11.3 Å². The molecular formula is C17H21NO2S. The van der Waals surface area contributed by atoms with Crippen LogP contribution in [0.25, 0.3) is 6.08 Å². The number of unbranched alkanes of at least 4 members (excludes halogenated alkanes) is 2. The highest BCUT2D eigenvalue weighted by Gasteiger charge is 2.09. The first-order valence-electron chi connectivity index (χ1n) is 7.34. The molecule has 0 radical (unpaired) electrons. The number of hydrogen-bond donors (Lipinski definition) is 2. The molecule has 0 unspecified atom stereocenters. The van der Waals surface area contributed by atoms with Gasteiger partial charge in [0, 0.05) is 6.42 Å². The average molecular weight is 303 g/mol. The standard InChI is InChI=1S/C17H21NO2S/c1-2-3-5-10-14(11-13-8-6-4-7-9-13)12-15-16(19)18-17(20)21-15/h4,6-9,11,19H,2-3,5,10,12H2,1H3,(H,18,20). The summed E-state index contributed by atoms with van der Waals surface area (Å²) >= 11 is 1.09. The number of aromatic nitrogens is 1. The van der Waals surface area contributed by atoms with Gasteiger partial charge >= 0.3 is 4.87 Å². The van der Waals surface area contributed by atoms with Crippen molar-refractivity contribution in [3.05, 3.63) is 56.0 Å². The number of aromatic hydroxyl groups is 1. The molecule has 2 aromatic rings. The highest BCUT2D eigenvalue weighted by Crippen LogP contribution is 2.24. The van der Waals surface area contributed by atoms with Crippen molar-refractivity contribution >= 4 is 17.4 Å². The van der Waals surface area contributed by atoms with Crippen LogP contribution in [0.1, 0.15) is 43.0 Å². The van der Waals surface area contributed by atoms with Gasteiger partial charge in [-0.25, -0.2) is 0 Å². The van der Waals surface area contributed by atoms with Gasteiger partial charge in [-0.1, -0.05) is 73.1 Å². The smallest absolute Gasteiger partial charge is 0.307 e. The monoisotopic (exact) mass is 303 g/mol. The van der Waals surface area contributed by atoms with Gasteiger partial charge in [0.25, 0.3) is 0 Å². The van der Waals surface area contributed by atoms with Crippen LogP contribution in [-0.4, -0.2) is 10.1 Å². The number of hydrogen-bond acceptors (Lipinski definition) is 3. The third-order valence-electron chi connectivity index (χ3n) is 3.36. The van der Waals surface area contributed by atoms with Gasteiger partial charge in [-0.2, -0.15) is 0 Å². The molecule has 112 valence electrons. The number of aromatic amines is 1.